The van der Waals surface area contributed by atoms with Crippen molar-refractivity contribution >= 4 is 38.1 Å². The summed E-state index contributed by atoms with van der Waals surface area (Å²) < 4.78 is 6.57. The molecule has 1 aromatic carbocycles. The van der Waals surface area contributed by atoms with Crippen molar-refractivity contribution in [1.82, 2.24) is 9.66 Å². The van der Waals surface area contributed by atoms with Gasteiger partial charge in [-0.2, -0.15) is 0 Å². The number of rotatable bonds is 0. The molecule has 0 atom stereocenters. The average molecular weight is 210 g/mol. The molecule has 1 aliphatic heterocycles. The van der Waals surface area contributed by atoms with Crippen LogP contribution in [0.4, 0.5) is 0 Å². The molecule has 0 bridgehead atoms. The Balaban J connectivity index is 2.48. The summed E-state index contributed by atoms with van der Waals surface area (Å²) in [4.78, 5) is 4.35. The Hall–Kier alpha value is -1.13. The van der Waals surface area contributed by atoms with Gasteiger partial charge >= 0.3 is 0 Å². The summed E-state index contributed by atoms with van der Waals surface area (Å²) in [7, 11) is 0. The lowest BCUT2D eigenvalue weighted by Crippen LogP contribution is -1.94. The van der Waals surface area contributed by atoms with Gasteiger partial charge in [-0.1, -0.05) is 23.7 Å². The van der Waals surface area contributed by atoms with E-state index in [1.807, 2.05) is 24.3 Å². The predicted octanol–water partition coefficient (Wildman–Crippen LogP) is 1.80. The van der Waals surface area contributed by atoms with Crippen molar-refractivity contribution in [3.05, 3.63) is 30.1 Å². The van der Waals surface area contributed by atoms with E-state index in [9.17, 15) is 0 Å². The number of hydrogen-bond acceptors (Lipinski definition) is 2. The molecule has 64 valence electrons. The van der Waals surface area contributed by atoms with Gasteiger partial charge in [0.05, 0.1) is 11.0 Å². The van der Waals surface area contributed by atoms with Crippen molar-refractivity contribution in [2.24, 2.45) is 4.47 Å². The zero-order chi connectivity index (χ0) is 8.84. The van der Waals surface area contributed by atoms with E-state index in [0.717, 1.165) is 16.9 Å². The SMILES string of the molecule is ClC1=S=Nn2c1nc1ccccc12. The number of nitrogens with zero attached hydrogens (tertiary/aromatic N) is 3. The number of halogens is 1. The molecule has 0 unspecified atom stereocenters. The van der Waals surface area contributed by atoms with E-state index in [1.165, 1.54) is 11.1 Å². The van der Waals surface area contributed by atoms with Gasteiger partial charge in [0.1, 0.15) is 0 Å². The zero-order valence-electron chi connectivity index (χ0n) is 6.44. The molecule has 5 heteroatoms. The van der Waals surface area contributed by atoms with E-state index in [4.69, 9.17) is 11.6 Å². The highest BCUT2D eigenvalue weighted by Crippen LogP contribution is 2.19. The van der Waals surface area contributed by atoms with Crippen molar-refractivity contribution in [3.63, 3.8) is 0 Å². The molecular weight excluding hydrogens is 206 g/mol. The van der Waals surface area contributed by atoms with Gasteiger partial charge in [-0.3, -0.25) is 0 Å². The fourth-order valence-electron chi connectivity index (χ4n) is 1.34. The predicted molar refractivity (Wildman–Crippen MR) is 54.9 cm³/mol. The van der Waals surface area contributed by atoms with E-state index in [2.05, 4.69) is 9.46 Å². The van der Waals surface area contributed by atoms with Gasteiger partial charge in [0.2, 0.25) is 0 Å². The number of aromatic nitrogens is 2. The van der Waals surface area contributed by atoms with Crippen LogP contribution in [0.25, 0.3) is 11.0 Å². The van der Waals surface area contributed by atoms with Crippen molar-refractivity contribution in [3.8, 4) is 0 Å². The van der Waals surface area contributed by atoms with E-state index in [1.54, 1.807) is 4.68 Å². The monoisotopic (exact) mass is 209 g/mol. The maximum absolute atomic E-state index is 5.92. The highest BCUT2D eigenvalue weighted by molar-refractivity contribution is 7.73. The molecule has 13 heavy (non-hydrogen) atoms. The lowest BCUT2D eigenvalue weighted by atomic mass is 10.3. The van der Waals surface area contributed by atoms with Crippen LogP contribution in [0, 0.1) is 0 Å². The molecule has 3 nitrogen and oxygen atoms in total. The Bertz CT molecular complexity index is 566. The molecule has 2 heterocycles. The van der Waals surface area contributed by atoms with Crippen LogP contribution in [0.15, 0.2) is 28.7 Å². The third-order valence-corrected chi connectivity index (χ3v) is 2.88. The van der Waals surface area contributed by atoms with Gasteiger partial charge in [-0.25, -0.2) is 9.66 Å². The normalized spacial score (nSPS) is 14.1. The molecule has 3 rings (SSSR count). The van der Waals surface area contributed by atoms with Gasteiger partial charge in [0.25, 0.3) is 0 Å². The van der Waals surface area contributed by atoms with Gasteiger partial charge in [0.15, 0.2) is 10.1 Å². The Morgan fingerprint density at radius 3 is 3.08 bits per heavy atom. The van der Waals surface area contributed by atoms with Gasteiger partial charge in [-0.05, 0) is 12.1 Å². The van der Waals surface area contributed by atoms with Crippen LogP contribution in [-0.2, 0) is 11.1 Å². The van der Waals surface area contributed by atoms with Crippen molar-refractivity contribution in [2.75, 3.05) is 0 Å². The highest BCUT2D eigenvalue weighted by Gasteiger charge is 2.15. The number of benzene rings is 1. The molecule has 2 aromatic rings. The summed E-state index contributed by atoms with van der Waals surface area (Å²) >= 11 is 7.17. The van der Waals surface area contributed by atoms with Crippen LogP contribution in [0.2, 0.25) is 0 Å². The van der Waals surface area contributed by atoms with Crippen LogP contribution in [-0.4, -0.2) is 14.0 Å². The molecule has 0 radical (unpaired) electrons. The number of para-hydroxylation sites is 2. The average Bonchev–Trinajstić information content (AvgIpc) is 2.67. The summed E-state index contributed by atoms with van der Waals surface area (Å²) in [5.41, 5.74) is 1.93. The molecular formula is C8H4ClN3S. The minimum absolute atomic E-state index is 0.635. The molecule has 0 aliphatic carbocycles. The second-order valence-electron chi connectivity index (χ2n) is 2.68. The summed E-state index contributed by atoms with van der Waals surface area (Å²) in [6, 6.07) is 7.84. The van der Waals surface area contributed by atoms with Gasteiger partial charge in [0, 0.05) is 11.1 Å². The Morgan fingerprint density at radius 2 is 2.15 bits per heavy atom. The third-order valence-electron chi connectivity index (χ3n) is 1.92. The maximum atomic E-state index is 5.92. The zero-order valence-corrected chi connectivity index (χ0v) is 8.01. The fraction of sp³-hybridized carbons (Fsp3) is 0. The highest BCUT2D eigenvalue weighted by atomic mass is 35.5. The first-order valence-electron chi connectivity index (χ1n) is 3.75. The van der Waals surface area contributed by atoms with Gasteiger partial charge < -0.3 is 0 Å². The minimum Gasteiger partial charge on any atom is -0.225 e. The molecule has 0 spiro atoms. The Morgan fingerprint density at radius 1 is 1.31 bits per heavy atom. The minimum atomic E-state index is 0.635. The molecule has 0 amide bonds. The fourth-order valence-corrected chi connectivity index (χ4v) is 2.09. The van der Waals surface area contributed by atoms with E-state index in [-0.39, 0.29) is 0 Å². The van der Waals surface area contributed by atoms with Crippen LogP contribution < -0.4 is 0 Å². The van der Waals surface area contributed by atoms with Crippen LogP contribution in [0.1, 0.15) is 5.82 Å². The molecule has 0 saturated heterocycles. The molecule has 1 aliphatic rings. The smallest absolute Gasteiger partial charge is 0.186 e. The van der Waals surface area contributed by atoms with Crippen LogP contribution >= 0.6 is 11.6 Å². The molecule has 0 fully saturated rings. The molecule has 1 aromatic heterocycles. The number of hydrogen-bond donors (Lipinski definition) is 0. The topological polar surface area (TPSA) is 30.2 Å². The van der Waals surface area contributed by atoms with Crippen LogP contribution in [0.3, 0.4) is 0 Å². The summed E-state index contributed by atoms with van der Waals surface area (Å²) in [6.07, 6.45) is 0. The van der Waals surface area contributed by atoms with E-state index < -0.39 is 0 Å². The standard InChI is InChI=1S/C8H4ClN3S/c9-7-8-10-5-3-1-2-4-6(5)12(8)11-13-7/h1-4H. The second-order valence-corrected chi connectivity index (χ2v) is 4.04. The Kier molecular flexibility index (Phi) is 1.36. The first-order valence-corrected chi connectivity index (χ1v) is 4.90. The second kappa shape index (κ2) is 2.43. The summed E-state index contributed by atoms with van der Waals surface area (Å²) in [5, 5.41) is 0. The largest absolute Gasteiger partial charge is 0.225 e. The number of fused-ring (bicyclic) bond motifs is 3. The molecule has 0 saturated carbocycles. The Labute approximate surface area is 82.6 Å². The summed E-state index contributed by atoms with van der Waals surface area (Å²) in [6.45, 7) is 0. The van der Waals surface area contributed by atoms with Crippen molar-refractivity contribution < 1.29 is 0 Å². The first-order chi connectivity index (χ1) is 6.36. The van der Waals surface area contributed by atoms with Crippen molar-refractivity contribution in [2.45, 2.75) is 0 Å². The lowest BCUT2D eigenvalue weighted by molar-refractivity contribution is 0.927. The van der Waals surface area contributed by atoms with E-state index in [0.29, 0.717) is 4.32 Å². The third kappa shape index (κ3) is 0.897. The molecule has 0 N–H and O–H groups in total. The summed E-state index contributed by atoms with van der Waals surface area (Å²) in [5.74, 6) is 0.743. The van der Waals surface area contributed by atoms with Crippen molar-refractivity contribution in [1.29, 1.82) is 0 Å². The van der Waals surface area contributed by atoms with E-state index >= 15 is 0 Å². The quantitative estimate of drug-likeness (QED) is 0.481. The maximum Gasteiger partial charge on any atom is 0.186 e. The van der Waals surface area contributed by atoms with Crippen LogP contribution in [0.5, 0.6) is 0 Å². The van der Waals surface area contributed by atoms with Gasteiger partial charge in [-0.15, -0.1) is 4.47 Å². The lowest BCUT2D eigenvalue weighted by Gasteiger charge is -1.90. The number of imidazole rings is 1. The first kappa shape index (κ1) is 7.29.